The lowest BCUT2D eigenvalue weighted by Crippen LogP contribution is -2.10. The summed E-state index contributed by atoms with van der Waals surface area (Å²) in [6.45, 7) is 2.13. The molecule has 14 heavy (non-hydrogen) atoms. The topological polar surface area (TPSA) is 26.0 Å². The number of hydrogen-bond donors (Lipinski definition) is 1. The van der Waals surface area contributed by atoms with Crippen LogP contribution >= 0.6 is 15.9 Å². The number of nitrogens with two attached hydrogens (primary N) is 1. The summed E-state index contributed by atoms with van der Waals surface area (Å²) in [5.41, 5.74) is 6.97. The average Bonchev–Trinajstić information content (AvgIpc) is 2.14. The third kappa shape index (κ3) is 3.07. The second kappa shape index (κ2) is 5.47. The molecular formula is C11H15BrFN. The van der Waals surface area contributed by atoms with Gasteiger partial charge >= 0.3 is 0 Å². The molecule has 0 aliphatic heterocycles. The van der Waals surface area contributed by atoms with E-state index in [9.17, 15) is 4.39 Å². The second-order valence-corrected chi connectivity index (χ2v) is 4.27. The molecule has 0 unspecified atom stereocenters. The quantitative estimate of drug-likeness (QED) is 0.875. The summed E-state index contributed by atoms with van der Waals surface area (Å²) in [5, 5.41) is 0. The first-order valence-electron chi connectivity index (χ1n) is 4.85. The Morgan fingerprint density at radius 2 is 2.21 bits per heavy atom. The summed E-state index contributed by atoms with van der Waals surface area (Å²) in [6, 6.07) is 4.66. The summed E-state index contributed by atoms with van der Waals surface area (Å²) in [7, 11) is 0. The van der Waals surface area contributed by atoms with Crippen molar-refractivity contribution in [1.29, 1.82) is 0 Å². The van der Waals surface area contributed by atoms with E-state index in [1.165, 1.54) is 12.1 Å². The SMILES string of the molecule is CCCC[C@@H](N)c1ccc(F)cc1Br. The third-order valence-electron chi connectivity index (χ3n) is 2.23. The van der Waals surface area contributed by atoms with Crippen molar-refractivity contribution in [3.63, 3.8) is 0 Å². The Balaban J connectivity index is 2.74. The number of unbranched alkanes of at least 4 members (excludes halogenated alkanes) is 1. The first kappa shape index (κ1) is 11.7. The van der Waals surface area contributed by atoms with E-state index in [2.05, 4.69) is 22.9 Å². The molecule has 78 valence electrons. The van der Waals surface area contributed by atoms with E-state index in [0.29, 0.717) is 0 Å². The summed E-state index contributed by atoms with van der Waals surface area (Å²) >= 11 is 3.32. The molecule has 0 aliphatic carbocycles. The van der Waals surface area contributed by atoms with Gasteiger partial charge in [0.05, 0.1) is 0 Å². The van der Waals surface area contributed by atoms with Crippen LogP contribution in [0.4, 0.5) is 4.39 Å². The normalized spacial score (nSPS) is 12.9. The molecule has 0 heterocycles. The monoisotopic (exact) mass is 259 g/mol. The van der Waals surface area contributed by atoms with E-state index in [1.54, 1.807) is 6.07 Å². The van der Waals surface area contributed by atoms with Crippen LogP contribution in [0.15, 0.2) is 22.7 Å². The van der Waals surface area contributed by atoms with Crippen molar-refractivity contribution in [2.75, 3.05) is 0 Å². The Morgan fingerprint density at radius 3 is 2.79 bits per heavy atom. The van der Waals surface area contributed by atoms with Crippen LogP contribution in [0.1, 0.15) is 37.8 Å². The minimum Gasteiger partial charge on any atom is -0.324 e. The van der Waals surface area contributed by atoms with Gasteiger partial charge in [-0.05, 0) is 24.1 Å². The van der Waals surface area contributed by atoms with Crippen molar-refractivity contribution in [3.8, 4) is 0 Å². The summed E-state index contributed by atoms with van der Waals surface area (Å²) in [4.78, 5) is 0. The van der Waals surface area contributed by atoms with Crippen LogP contribution in [0.3, 0.4) is 0 Å². The Labute approximate surface area is 92.6 Å². The van der Waals surface area contributed by atoms with Gasteiger partial charge in [-0.2, -0.15) is 0 Å². The molecule has 2 N–H and O–H groups in total. The molecule has 1 rings (SSSR count). The second-order valence-electron chi connectivity index (χ2n) is 3.41. The van der Waals surface area contributed by atoms with Gasteiger partial charge in [0.25, 0.3) is 0 Å². The van der Waals surface area contributed by atoms with E-state index in [4.69, 9.17) is 5.73 Å². The maximum absolute atomic E-state index is 12.8. The fourth-order valence-electron chi connectivity index (χ4n) is 1.38. The molecule has 0 saturated heterocycles. The molecule has 0 saturated carbocycles. The molecule has 1 aromatic carbocycles. The van der Waals surface area contributed by atoms with Crippen molar-refractivity contribution < 1.29 is 4.39 Å². The first-order chi connectivity index (χ1) is 6.65. The van der Waals surface area contributed by atoms with Crippen molar-refractivity contribution in [2.24, 2.45) is 5.73 Å². The molecule has 0 aromatic heterocycles. The first-order valence-corrected chi connectivity index (χ1v) is 5.65. The minimum atomic E-state index is -0.233. The predicted molar refractivity (Wildman–Crippen MR) is 60.6 cm³/mol. The molecule has 0 fully saturated rings. The fraction of sp³-hybridized carbons (Fsp3) is 0.455. The van der Waals surface area contributed by atoms with Gasteiger partial charge in [-0.15, -0.1) is 0 Å². The zero-order chi connectivity index (χ0) is 10.6. The van der Waals surface area contributed by atoms with E-state index < -0.39 is 0 Å². The van der Waals surface area contributed by atoms with Gasteiger partial charge in [-0.25, -0.2) is 4.39 Å². The van der Waals surface area contributed by atoms with E-state index in [1.807, 2.05) is 0 Å². The van der Waals surface area contributed by atoms with Crippen molar-refractivity contribution in [2.45, 2.75) is 32.2 Å². The van der Waals surface area contributed by atoms with Gasteiger partial charge in [-0.3, -0.25) is 0 Å². The van der Waals surface area contributed by atoms with Gasteiger partial charge < -0.3 is 5.73 Å². The third-order valence-corrected chi connectivity index (χ3v) is 2.92. The van der Waals surface area contributed by atoms with E-state index in [0.717, 1.165) is 29.3 Å². The Kier molecular flexibility index (Phi) is 4.55. The molecule has 1 nitrogen and oxygen atoms in total. The summed E-state index contributed by atoms with van der Waals surface area (Å²) < 4.78 is 13.6. The van der Waals surface area contributed by atoms with Crippen molar-refractivity contribution in [3.05, 3.63) is 34.1 Å². The number of rotatable bonds is 4. The Hall–Kier alpha value is -0.410. The molecule has 0 amide bonds. The smallest absolute Gasteiger partial charge is 0.124 e. The summed E-state index contributed by atoms with van der Waals surface area (Å²) in [5.74, 6) is -0.233. The molecular weight excluding hydrogens is 245 g/mol. The molecule has 0 bridgehead atoms. The highest BCUT2D eigenvalue weighted by atomic mass is 79.9. The molecule has 1 aromatic rings. The lowest BCUT2D eigenvalue weighted by molar-refractivity contribution is 0.594. The number of halogens is 2. The highest BCUT2D eigenvalue weighted by Crippen LogP contribution is 2.25. The highest BCUT2D eigenvalue weighted by molar-refractivity contribution is 9.10. The van der Waals surface area contributed by atoms with Gasteiger partial charge in [0, 0.05) is 10.5 Å². The van der Waals surface area contributed by atoms with Crippen LogP contribution < -0.4 is 5.73 Å². The largest absolute Gasteiger partial charge is 0.324 e. The van der Waals surface area contributed by atoms with Crippen LogP contribution in [0.25, 0.3) is 0 Å². The molecule has 0 radical (unpaired) electrons. The summed E-state index contributed by atoms with van der Waals surface area (Å²) in [6.07, 6.45) is 3.18. The zero-order valence-corrected chi connectivity index (χ0v) is 9.85. The molecule has 0 spiro atoms. The maximum Gasteiger partial charge on any atom is 0.124 e. The predicted octanol–water partition coefficient (Wildman–Crippen LogP) is 3.78. The van der Waals surface area contributed by atoms with Gasteiger partial charge in [0.1, 0.15) is 5.82 Å². The van der Waals surface area contributed by atoms with Gasteiger partial charge in [-0.1, -0.05) is 41.8 Å². The fourth-order valence-corrected chi connectivity index (χ4v) is 2.03. The molecule has 1 atom stereocenters. The van der Waals surface area contributed by atoms with E-state index >= 15 is 0 Å². The van der Waals surface area contributed by atoms with Gasteiger partial charge in [0.2, 0.25) is 0 Å². The van der Waals surface area contributed by atoms with Crippen LogP contribution in [0.5, 0.6) is 0 Å². The lowest BCUT2D eigenvalue weighted by atomic mass is 10.0. The van der Waals surface area contributed by atoms with Crippen LogP contribution in [0, 0.1) is 5.82 Å². The van der Waals surface area contributed by atoms with Crippen LogP contribution in [-0.4, -0.2) is 0 Å². The van der Waals surface area contributed by atoms with Gasteiger partial charge in [0.15, 0.2) is 0 Å². The standard InChI is InChI=1S/C11H15BrFN/c1-2-3-4-11(14)9-6-5-8(13)7-10(9)12/h5-7,11H,2-4,14H2,1H3/t11-/m1/s1. The van der Waals surface area contributed by atoms with Crippen molar-refractivity contribution in [1.82, 2.24) is 0 Å². The Bertz CT molecular complexity index is 301. The minimum absolute atomic E-state index is 0.00456. The molecule has 0 aliphatic rings. The average molecular weight is 260 g/mol. The Morgan fingerprint density at radius 1 is 1.50 bits per heavy atom. The van der Waals surface area contributed by atoms with Crippen LogP contribution in [0.2, 0.25) is 0 Å². The maximum atomic E-state index is 12.8. The molecule has 3 heteroatoms. The number of hydrogen-bond acceptors (Lipinski definition) is 1. The number of benzene rings is 1. The van der Waals surface area contributed by atoms with Crippen molar-refractivity contribution >= 4 is 15.9 Å². The zero-order valence-electron chi connectivity index (χ0n) is 8.26. The lowest BCUT2D eigenvalue weighted by Gasteiger charge is -2.13. The highest BCUT2D eigenvalue weighted by Gasteiger charge is 2.09. The van der Waals surface area contributed by atoms with Crippen LogP contribution in [-0.2, 0) is 0 Å². The van der Waals surface area contributed by atoms with E-state index in [-0.39, 0.29) is 11.9 Å².